The quantitative estimate of drug-likeness (QED) is 0.179. The van der Waals surface area contributed by atoms with E-state index in [0.29, 0.717) is 0 Å². The summed E-state index contributed by atoms with van der Waals surface area (Å²) in [6.45, 7) is 18.0. The summed E-state index contributed by atoms with van der Waals surface area (Å²) < 4.78 is 30.0. The maximum absolute atomic E-state index is 7.50. The van der Waals surface area contributed by atoms with Gasteiger partial charge in [0.1, 0.15) is 12.3 Å². The molecule has 0 heterocycles. The molecule has 0 aliphatic rings. The van der Waals surface area contributed by atoms with Crippen LogP contribution in [0, 0.1) is 26.6 Å². The predicted molar refractivity (Wildman–Crippen MR) is 146 cm³/mol. The van der Waals surface area contributed by atoms with E-state index in [1.54, 1.807) is 0 Å². The number of hydrogen-bond donors (Lipinski definition) is 0. The molecule has 0 N–H and O–H groups in total. The molecule has 0 saturated heterocycles. The van der Waals surface area contributed by atoms with Gasteiger partial charge in [0, 0.05) is 0 Å². The minimum absolute atomic E-state index is 0. The second-order valence-corrected chi connectivity index (χ2v) is 12.1. The molecule has 4 aromatic rings. The zero-order chi connectivity index (χ0) is 27.0. The van der Waals surface area contributed by atoms with Crippen molar-refractivity contribution in [3.63, 3.8) is 0 Å². The van der Waals surface area contributed by atoms with Gasteiger partial charge in [0.2, 0.25) is 0 Å². The number of hydrogen-bond acceptors (Lipinski definition) is 0. The molecular weight excluding hydrogens is 538 g/mol. The van der Waals surface area contributed by atoms with Crippen LogP contribution in [0.2, 0.25) is 0 Å². The van der Waals surface area contributed by atoms with Crippen molar-refractivity contribution in [2.24, 2.45) is 0 Å². The third-order valence-corrected chi connectivity index (χ3v) is 11.2. The largest absolute Gasteiger partial charge is 4.00 e. The van der Waals surface area contributed by atoms with E-state index in [9.17, 15) is 0 Å². The molecule has 4 rings (SSSR count). The van der Waals surface area contributed by atoms with E-state index in [4.69, 9.17) is 18.6 Å². The van der Waals surface area contributed by atoms with Gasteiger partial charge in [0.15, 0.2) is 0 Å². The van der Waals surface area contributed by atoms with Crippen molar-refractivity contribution in [2.45, 2.75) is 0 Å². The standard InChI is InChI=1S/C26H24P2.4CO.Cr/c1-5-13-23(14-6-1)27(24-15-7-2-8-16-24)21-22-28(25-17-9-3-10-18-25)26-19-11-4-12-20-26;4*1-2;/h1-20H,21-22H2;;;;;/q;;;;;+4/p+2. The summed E-state index contributed by atoms with van der Waals surface area (Å²) in [5, 5.41) is 6.06. The van der Waals surface area contributed by atoms with Crippen molar-refractivity contribution in [1.82, 2.24) is 0 Å². The van der Waals surface area contributed by atoms with E-state index in [2.05, 4.69) is 148 Å². The maximum Gasteiger partial charge on any atom is 4.00 e. The molecule has 0 aliphatic heterocycles. The third kappa shape index (κ3) is 12.8. The Kier molecular flexibility index (Phi) is 24.5. The van der Waals surface area contributed by atoms with Gasteiger partial charge in [-0.25, -0.2) is 0 Å². The SMILES string of the molecule is [C-]#[O+].[C-]#[O+].[C-]#[O+].[C-]#[O+].[Cr+4].c1ccc([PH+](CC[PH+](c2ccccc2)c2ccccc2)c2ccccc2)cc1. The summed E-state index contributed by atoms with van der Waals surface area (Å²) in [6, 6.07) is 44.5. The van der Waals surface area contributed by atoms with Crippen molar-refractivity contribution in [2.75, 3.05) is 12.3 Å². The van der Waals surface area contributed by atoms with Crippen LogP contribution in [0.15, 0.2) is 121 Å². The van der Waals surface area contributed by atoms with Crippen LogP contribution in [0.4, 0.5) is 0 Å². The molecule has 0 saturated carbocycles. The topological polar surface area (TPSA) is 79.6 Å². The Morgan fingerprint density at radius 1 is 0.351 bits per heavy atom. The average Bonchev–Trinajstić information content (AvgIpc) is 3.01. The summed E-state index contributed by atoms with van der Waals surface area (Å²) in [5.74, 6) is 0. The molecule has 0 fully saturated rings. The zero-order valence-electron chi connectivity index (χ0n) is 20.0. The minimum Gasteiger partial charge on any atom is -0.0620 e. The van der Waals surface area contributed by atoms with Crippen LogP contribution < -0.4 is 21.2 Å². The molecule has 0 aromatic heterocycles. The van der Waals surface area contributed by atoms with Crippen LogP contribution in [0.3, 0.4) is 0 Å². The van der Waals surface area contributed by atoms with Crippen LogP contribution in [-0.4, -0.2) is 12.3 Å². The van der Waals surface area contributed by atoms with E-state index >= 15 is 0 Å². The molecule has 0 radical (unpaired) electrons. The Labute approximate surface area is 232 Å². The second kappa shape index (κ2) is 24.9. The average molecular weight is 564 g/mol. The van der Waals surface area contributed by atoms with Crippen LogP contribution in [0.1, 0.15) is 0 Å². The van der Waals surface area contributed by atoms with Crippen molar-refractivity contribution in [3.05, 3.63) is 148 Å². The van der Waals surface area contributed by atoms with Gasteiger partial charge in [-0.3, -0.25) is 0 Å². The van der Waals surface area contributed by atoms with Gasteiger partial charge in [-0.05, 0) is 48.5 Å². The van der Waals surface area contributed by atoms with E-state index in [0.717, 1.165) is 0 Å². The predicted octanol–water partition coefficient (Wildman–Crippen LogP) is 4.56. The fourth-order valence-corrected chi connectivity index (χ4v) is 9.92. The molecule has 7 heteroatoms. The Morgan fingerprint density at radius 3 is 0.676 bits per heavy atom. The smallest absolute Gasteiger partial charge is 0.0620 e. The van der Waals surface area contributed by atoms with Crippen molar-refractivity contribution in [3.8, 4) is 0 Å². The molecule has 0 atom stereocenters. The molecule has 0 aliphatic carbocycles. The molecule has 0 unspecified atom stereocenters. The first-order valence-electron chi connectivity index (χ1n) is 10.7. The fraction of sp³-hybridized carbons (Fsp3) is 0.0667. The first kappa shape index (κ1) is 36.4. The Bertz CT molecular complexity index is 964. The normalized spacial score (nSPS) is 8.59. The molecule has 0 bridgehead atoms. The molecule has 37 heavy (non-hydrogen) atoms. The summed E-state index contributed by atoms with van der Waals surface area (Å²) in [6.07, 6.45) is 2.52. The van der Waals surface area contributed by atoms with Crippen LogP contribution >= 0.6 is 15.8 Å². The van der Waals surface area contributed by atoms with Gasteiger partial charge in [-0.15, -0.1) is 0 Å². The van der Waals surface area contributed by atoms with Gasteiger partial charge in [0.25, 0.3) is 0 Å². The summed E-state index contributed by atoms with van der Waals surface area (Å²) >= 11 is 0. The maximum atomic E-state index is 7.50. The number of benzene rings is 4. The Balaban J connectivity index is 0. The Morgan fingerprint density at radius 2 is 0.514 bits per heavy atom. The first-order chi connectivity index (χ1) is 17.9. The van der Waals surface area contributed by atoms with Crippen molar-refractivity contribution in [1.29, 1.82) is 0 Å². The van der Waals surface area contributed by atoms with Crippen LogP contribution in [0.5, 0.6) is 0 Å². The van der Waals surface area contributed by atoms with Crippen molar-refractivity contribution < 1.29 is 36.0 Å². The second-order valence-electron chi connectivity index (χ2n) is 6.92. The zero-order valence-corrected chi connectivity index (χ0v) is 23.3. The third-order valence-electron chi connectivity index (χ3n) is 5.11. The van der Waals surface area contributed by atoms with Gasteiger partial charge in [0.05, 0.1) is 37.1 Å². The van der Waals surface area contributed by atoms with E-state index in [1.165, 1.54) is 33.5 Å². The van der Waals surface area contributed by atoms with Crippen molar-refractivity contribution >= 4 is 37.1 Å². The molecule has 4 nitrogen and oxygen atoms in total. The Hall–Kier alpha value is -2.77. The molecule has 0 spiro atoms. The van der Waals surface area contributed by atoms with Crippen LogP contribution in [0.25, 0.3) is 0 Å². The number of rotatable bonds is 7. The van der Waals surface area contributed by atoms with Gasteiger partial charge in [-0.1, -0.05) is 72.8 Å². The van der Waals surface area contributed by atoms with Gasteiger partial charge >= 0.3 is 62.6 Å². The molecule has 180 valence electrons. The van der Waals surface area contributed by atoms with Gasteiger partial charge < -0.3 is 0 Å². The van der Waals surface area contributed by atoms with E-state index < -0.39 is 15.8 Å². The summed E-state index contributed by atoms with van der Waals surface area (Å²) in [7, 11) is -1.57. The summed E-state index contributed by atoms with van der Waals surface area (Å²) in [4.78, 5) is 0. The van der Waals surface area contributed by atoms with E-state index in [1.807, 2.05) is 0 Å². The van der Waals surface area contributed by atoms with Crippen LogP contribution in [-0.2, 0) is 36.0 Å². The van der Waals surface area contributed by atoms with Gasteiger partial charge in [-0.2, -0.15) is 0 Å². The molecular formula is C30H26CrO4P2+6. The first-order valence-corrected chi connectivity index (χ1v) is 14.1. The minimum atomic E-state index is -0.783. The fourth-order valence-electron chi connectivity index (χ4n) is 3.72. The summed E-state index contributed by atoms with van der Waals surface area (Å²) in [5.41, 5.74) is 0. The monoisotopic (exact) mass is 564 g/mol. The molecule has 4 aromatic carbocycles. The van der Waals surface area contributed by atoms with E-state index in [-0.39, 0.29) is 17.4 Å². The molecule has 0 amide bonds.